The Kier molecular flexibility index (Phi) is 5.20. The molecule has 0 aromatic heterocycles. The standard InChI is InChI=1S/C19H25N4O4.ClH/c1-3-17(25)19(9-5-6-10-20(19)11-12-24)22-14-7-8-15-16(13-14)23(22,27)18(4-2)21(15)26;/h5-10,13,18,24,26-27H,3-4,11-12H2,1-2H3;1H/q+1;/p-1. The fourth-order valence-electron chi connectivity index (χ4n) is 4.58. The smallest absolute Gasteiger partial charge is 0.246 e. The monoisotopic (exact) mass is 408 g/mol. The lowest BCUT2D eigenvalue weighted by molar-refractivity contribution is -0.160. The van der Waals surface area contributed by atoms with Gasteiger partial charge < -0.3 is 22.4 Å². The van der Waals surface area contributed by atoms with E-state index >= 15 is 0 Å². The normalized spacial score (nSPS) is 29.5. The highest BCUT2D eigenvalue weighted by molar-refractivity contribution is 5.97. The van der Waals surface area contributed by atoms with Gasteiger partial charge in [0.2, 0.25) is 17.5 Å². The van der Waals surface area contributed by atoms with E-state index in [2.05, 4.69) is 0 Å². The molecule has 0 aliphatic carbocycles. The van der Waals surface area contributed by atoms with Crippen LogP contribution in [0.15, 0.2) is 42.6 Å². The fraction of sp³-hybridized carbons (Fsp3) is 0.421. The second kappa shape index (κ2) is 7.06. The van der Waals surface area contributed by atoms with Crippen molar-refractivity contribution in [3.05, 3.63) is 42.6 Å². The average Bonchev–Trinajstić information content (AvgIpc) is 3.03. The second-order valence-corrected chi connectivity index (χ2v) is 6.99. The molecule has 0 saturated carbocycles. The van der Waals surface area contributed by atoms with E-state index in [1.807, 2.05) is 13.0 Å². The number of carbonyl (C=O) groups is 1. The van der Waals surface area contributed by atoms with Crippen LogP contribution in [0.1, 0.15) is 26.7 Å². The summed E-state index contributed by atoms with van der Waals surface area (Å²) < 4.78 is -0.698. The number of β-amino-alcohol motifs (C(OH)–C–C–N with tert-alkyl or cyclic N) is 1. The minimum atomic E-state index is -1.31. The Balaban J connectivity index is 0.00000225. The van der Waals surface area contributed by atoms with Gasteiger partial charge in [-0.15, -0.1) is 5.01 Å². The number of allylic oxidation sites excluding steroid dienone is 2. The number of Topliss-reactive ketones (excluding diaryl/α,β-unsaturated/α-hetero) is 1. The SMILES string of the molecule is CCC(=O)C1(N2c3ccc4c(c3)[N+]2(O)C(CC)N4O)C=CC=CN1CCO.[Cl-]. The molecule has 1 aromatic rings. The molecule has 3 atom stereocenters. The molecular weight excluding hydrogens is 384 g/mol. The highest BCUT2D eigenvalue weighted by Gasteiger charge is 2.67. The molecule has 4 rings (SSSR count). The van der Waals surface area contributed by atoms with Crippen LogP contribution in [0.4, 0.5) is 17.1 Å². The third-order valence-corrected chi connectivity index (χ3v) is 5.71. The van der Waals surface area contributed by atoms with E-state index in [4.69, 9.17) is 0 Å². The molecule has 0 spiro atoms. The number of hydrogen-bond donors (Lipinski definition) is 3. The highest BCUT2D eigenvalue weighted by Crippen LogP contribution is 2.55. The number of quaternary nitrogens is 1. The molecule has 9 heteroatoms. The van der Waals surface area contributed by atoms with Gasteiger partial charge in [-0.1, -0.05) is 19.9 Å². The summed E-state index contributed by atoms with van der Waals surface area (Å²) in [6, 6.07) is 5.35. The Morgan fingerprint density at radius 1 is 1.29 bits per heavy atom. The summed E-state index contributed by atoms with van der Waals surface area (Å²) >= 11 is 0. The van der Waals surface area contributed by atoms with Crippen molar-refractivity contribution in [1.29, 1.82) is 0 Å². The molecular formula is C19H25ClN4O4. The summed E-state index contributed by atoms with van der Waals surface area (Å²) in [5, 5.41) is 34.8. The largest absolute Gasteiger partial charge is 1.00 e. The van der Waals surface area contributed by atoms with Crippen molar-refractivity contribution in [2.24, 2.45) is 0 Å². The van der Waals surface area contributed by atoms with Gasteiger partial charge in [-0.25, -0.2) is 0 Å². The van der Waals surface area contributed by atoms with Gasteiger partial charge in [-0.2, -0.15) is 10.3 Å². The van der Waals surface area contributed by atoms with Gasteiger partial charge in [0.05, 0.1) is 6.61 Å². The Morgan fingerprint density at radius 3 is 2.68 bits per heavy atom. The number of benzene rings is 1. The van der Waals surface area contributed by atoms with Crippen LogP contribution in [0.5, 0.6) is 0 Å². The van der Waals surface area contributed by atoms with Gasteiger partial charge in [0.15, 0.2) is 5.78 Å². The summed E-state index contributed by atoms with van der Waals surface area (Å²) in [4.78, 5) is 15.1. The summed E-state index contributed by atoms with van der Waals surface area (Å²) in [6.07, 6.45) is 7.13. The Hall–Kier alpha value is -2.10. The molecule has 1 aromatic carbocycles. The third kappa shape index (κ3) is 2.29. The van der Waals surface area contributed by atoms with Gasteiger partial charge >= 0.3 is 0 Å². The lowest BCUT2D eigenvalue weighted by Gasteiger charge is -2.51. The molecule has 152 valence electrons. The van der Waals surface area contributed by atoms with Crippen LogP contribution in [0, 0.1) is 0 Å². The van der Waals surface area contributed by atoms with Crippen molar-refractivity contribution in [3.63, 3.8) is 0 Å². The number of carbonyl (C=O) groups excluding carboxylic acids is 1. The first-order chi connectivity index (χ1) is 13.0. The van der Waals surface area contributed by atoms with Crippen LogP contribution >= 0.6 is 0 Å². The van der Waals surface area contributed by atoms with Gasteiger partial charge in [0, 0.05) is 31.7 Å². The van der Waals surface area contributed by atoms with Crippen molar-refractivity contribution < 1.29 is 32.7 Å². The van der Waals surface area contributed by atoms with Crippen molar-refractivity contribution in [1.82, 2.24) is 9.66 Å². The topological polar surface area (TPSA) is 87.5 Å². The van der Waals surface area contributed by atoms with Gasteiger partial charge in [0.1, 0.15) is 11.4 Å². The minimum absolute atomic E-state index is 0. The first kappa shape index (κ1) is 20.6. The van der Waals surface area contributed by atoms with Crippen molar-refractivity contribution >= 4 is 22.8 Å². The number of ketones is 1. The summed E-state index contributed by atoms with van der Waals surface area (Å²) in [6.45, 7) is 3.75. The van der Waals surface area contributed by atoms with Crippen molar-refractivity contribution in [2.45, 2.75) is 38.5 Å². The van der Waals surface area contributed by atoms with E-state index in [0.29, 0.717) is 23.5 Å². The summed E-state index contributed by atoms with van der Waals surface area (Å²) in [7, 11) is 0. The number of nitrogens with zero attached hydrogens (tertiary/aromatic N) is 4. The van der Waals surface area contributed by atoms with E-state index < -0.39 is 16.6 Å². The molecule has 28 heavy (non-hydrogen) atoms. The van der Waals surface area contributed by atoms with E-state index in [9.17, 15) is 20.3 Å². The van der Waals surface area contributed by atoms with Crippen LogP contribution in [-0.4, -0.2) is 51.2 Å². The second-order valence-electron chi connectivity index (χ2n) is 6.99. The van der Waals surface area contributed by atoms with Crippen LogP contribution in [0.25, 0.3) is 0 Å². The molecule has 3 heterocycles. The zero-order valence-corrected chi connectivity index (χ0v) is 16.6. The Morgan fingerprint density at radius 2 is 2.04 bits per heavy atom. The Labute approximate surface area is 170 Å². The van der Waals surface area contributed by atoms with E-state index in [1.165, 1.54) is 0 Å². The Bertz CT molecular complexity index is 847. The first-order valence-electron chi connectivity index (χ1n) is 9.28. The molecule has 3 N–H and O–H groups in total. The zero-order valence-electron chi connectivity index (χ0n) is 15.9. The molecule has 0 fully saturated rings. The average molecular weight is 409 g/mol. The van der Waals surface area contributed by atoms with Gasteiger partial charge in [0.25, 0.3) is 0 Å². The number of halogens is 1. The number of anilines is 2. The molecule has 8 nitrogen and oxygen atoms in total. The van der Waals surface area contributed by atoms with Crippen LogP contribution in [0.3, 0.4) is 0 Å². The number of aliphatic hydroxyl groups is 1. The number of hydroxylamine groups is 2. The maximum atomic E-state index is 13.3. The minimum Gasteiger partial charge on any atom is -1.00 e. The van der Waals surface area contributed by atoms with E-state index in [1.54, 1.807) is 53.4 Å². The summed E-state index contributed by atoms with van der Waals surface area (Å²) in [5.74, 6) is -0.113. The van der Waals surface area contributed by atoms with E-state index in [0.717, 1.165) is 5.06 Å². The third-order valence-electron chi connectivity index (χ3n) is 5.71. The number of aliphatic hydroxyl groups excluding tert-OH is 1. The molecule has 0 radical (unpaired) electrons. The molecule has 3 aliphatic heterocycles. The predicted octanol–water partition coefficient (Wildman–Crippen LogP) is -0.879. The van der Waals surface area contributed by atoms with Crippen molar-refractivity contribution in [2.75, 3.05) is 23.2 Å². The van der Waals surface area contributed by atoms with Crippen molar-refractivity contribution in [3.8, 4) is 0 Å². The molecule has 3 unspecified atom stereocenters. The fourth-order valence-corrected chi connectivity index (χ4v) is 4.58. The first-order valence-corrected chi connectivity index (χ1v) is 9.28. The summed E-state index contributed by atoms with van der Waals surface area (Å²) in [5.41, 5.74) is 0.440. The molecule has 2 bridgehead atoms. The number of fused-ring (bicyclic) bond motifs is 1. The van der Waals surface area contributed by atoms with Crippen LogP contribution in [0.2, 0.25) is 0 Å². The maximum Gasteiger partial charge on any atom is 0.246 e. The zero-order chi connectivity index (χ0) is 19.4. The van der Waals surface area contributed by atoms with E-state index in [-0.39, 0.29) is 37.8 Å². The highest BCUT2D eigenvalue weighted by atomic mass is 35.5. The molecule has 3 aliphatic rings. The van der Waals surface area contributed by atoms with Gasteiger partial charge in [-0.05, 0) is 29.0 Å². The molecule has 0 saturated heterocycles. The molecule has 0 amide bonds. The lowest BCUT2D eigenvalue weighted by Crippen LogP contribution is -3.00. The number of hydrogen-bond acceptors (Lipinski definition) is 7. The number of rotatable bonds is 6. The maximum absolute atomic E-state index is 13.3. The van der Waals surface area contributed by atoms with Crippen LogP contribution in [-0.2, 0) is 4.79 Å². The predicted molar refractivity (Wildman–Crippen MR) is 101 cm³/mol. The van der Waals surface area contributed by atoms with Crippen LogP contribution < -0.4 is 27.2 Å². The van der Waals surface area contributed by atoms with Gasteiger partial charge in [-0.3, -0.25) is 10.0 Å². The lowest BCUT2D eigenvalue weighted by atomic mass is 9.95. The quantitative estimate of drug-likeness (QED) is 0.527.